The number of aromatic nitrogens is 2. The number of ether oxygens (including phenoxy) is 1. The van der Waals surface area contributed by atoms with Gasteiger partial charge in [-0.15, -0.1) is 11.3 Å². The standard InChI is InChI=1S/C25H21F3N4O4S/c1-13-19-23(37-20(13)22(34)31-17-10-6-7-11-18(17)36-3)29-12-32(24(19)35)14(2)21(33)30-16-9-5-4-8-15(16)25(26,27)28/h4-12,14H,1-3H3,(H,30,33)(H,31,34). The Balaban J connectivity index is 1.64. The third kappa shape index (κ3) is 5.05. The minimum absolute atomic E-state index is 0.146. The van der Waals surface area contributed by atoms with Gasteiger partial charge >= 0.3 is 6.18 Å². The Kier molecular flexibility index (Phi) is 7.03. The fourth-order valence-electron chi connectivity index (χ4n) is 3.76. The molecular weight excluding hydrogens is 509 g/mol. The first kappa shape index (κ1) is 25.9. The number of aryl methyl sites for hydroxylation is 1. The van der Waals surface area contributed by atoms with Gasteiger partial charge in [0.25, 0.3) is 11.5 Å². The first-order valence-electron chi connectivity index (χ1n) is 10.9. The van der Waals surface area contributed by atoms with Gasteiger partial charge in [-0.25, -0.2) is 4.98 Å². The maximum atomic E-state index is 13.3. The van der Waals surface area contributed by atoms with Crippen LogP contribution in [0.2, 0.25) is 0 Å². The van der Waals surface area contributed by atoms with Crippen LogP contribution in [-0.2, 0) is 11.0 Å². The molecule has 4 rings (SSSR count). The average Bonchev–Trinajstić information content (AvgIpc) is 3.21. The van der Waals surface area contributed by atoms with Crippen molar-refractivity contribution in [3.8, 4) is 5.75 Å². The van der Waals surface area contributed by atoms with Crippen LogP contribution in [0, 0.1) is 6.92 Å². The van der Waals surface area contributed by atoms with E-state index in [4.69, 9.17) is 4.74 Å². The average molecular weight is 531 g/mol. The first-order valence-corrected chi connectivity index (χ1v) is 11.8. The van der Waals surface area contributed by atoms with Crippen molar-refractivity contribution in [2.24, 2.45) is 0 Å². The molecule has 0 aliphatic carbocycles. The number of anilines is 2. The summed E-state index contributed by atoms with van der Waals surface area (Å²) in [5.41, 5.74) is -1.20. The van der Waals surface area contributed by atoms with E-state index in [1.807, 2.05) is 0 Å². The predicted octanol–water partition coefficient (Wildman–Crippen LogP) is 5.25. The molecule has 0 saturated heterocycles. The molecule has 0 radical (unpaired) electrons. The molecule has 0 fully saturated rings. The van der Waals surface area contributed by atoms with Gasteiger partial charge in [-0.1, -0.05) is 24.3 Å². The summed E-state index contributed by atoms with van der Waals surface area (Å²) in [4.78, 5) is 43.8. The molecule has 2 aromatic heterocycles. The van der Waals surface area contributed by atoms with Crippen molar-refractivity contribution >= 4 is 44.7 Å². The van der Waals surface area contributed by atoms with Crippen molar-refractivity contribution < 1.29 is 27.5 Å². The Bertz CT molecular complexity index is 1560. The maximum absolute atomic E-state index is 13.3. The number of benzene rings is 2. The van der Waals surface area contributed by atoms with Crippen LogP contribution >= 0.6 is 11.3 Å². The molecule has 12 heteroatoms. The predicted molar refractivity (Wildman–Crippen MR) is 134 cm³/mol. The lowest BCUT2D eigenvalue weighted by molar-refractivity contribution is -0.137. The summed E-state index contributed by atoms with van der Waals surface area (Å²) < 4.78 is 46.2. The maximum Gasteiger partial charge on any atom is 0.418 e. The Morgan fingerprint density at radius 3 is 2.38 bits per heavy atom. The van der Waals surface area contributed by atoms with Crippen LogP contribution in [0.4, 0.5) is 24.5 Å². The fourth-order valence-corrected chi connectivity index (χ4v) is 4.79. The number of thiophene rings is 1. The molecule has 2 N–H and O–H groups in total. The van der Waals surface area contributed by atoms with Crippen LogP contribution in [0.1, 0.15) is 33.8 Å². The minimum Gasteiger partial charge on any atom is -0.495 e. The lowest BCUT2D eigenvalue weighted by Gasteiger charge is -2.17. The number of carbonyl (C=O) groups excluding carboxylic acids is 2. The summed E-state index contributed by atoms with van der Waals surface area (Å²) in [6, 6.07) is 10.2. The molecule has 1 atom stereocenters. The lowest BCUT2D eigenvalue weighted by atomic mass is 10.1. The Labute approximate surface area is 212 Å². The van der Waals surface area contributed by atoms with E-state index in [-0.39, 0.29) is 10.3 Å². The molecule has 8 nitrogen and oxygen atoms in total. The summed E-state index contributed by atoms with van der Waals surface area (Å²) in [5, 5.41) is 5.15. The molecule has 192 valence electrons. The van der Waals surface area contributed by atoms with Crippen molar-refractivity contribution in [1.82, 2.24) is 9.55 Å². The molecular formula is C25H21F3N4O4S. The number of nitrogens with one attached hydrogen (secondary N) is 2. The van der Waals surface area contributed by atoms with E-state index >= 15 is 0 Å². The highest BCUT2D eigenvalue weighted by atomic mass is 32.1. The van der Waals surface area contributed by atoms with Gasteiger partial charge in [0.2, 0.25) is 5.91 Å². The number of carbonyl (C=O) groups is 2. The number of alkyl halides is 3. The third-order valence-electron chi connectivity index (χ3n) is 5.72. The summed E-state index contributed by atoms with van der Waals surface area (Å²) in [6.07, 6.45) is -3.53. The van der Waals surface area contributed by atoms with E-state index < -0.39 is 40.8 Å². The van der Waals surface area contributed by atoms with Gasteiger partial charge in [-0.3, -0.25) is 19.0 Å². The number of hydrogen-bond acceptors (Lipinski definition) is 6. The molecule has 0 aliphatic heterocycles. The summed E-state index contributed by atoms with van der Waals surface area (Å²) in [5.74, 6) is -0.838. The monoisotopic (exact) mass is 530 g/mol. The van der Waals surface area contributed by atoms with Gasteiger partial charge in [-0.05, 0) is 43.7 Å². The number of hydrogen-bond donors (Lipinski definition) is 2. The summed E-state index contributed by atoms with van der Waals surface area (Å²) in [6.45, 7) is 2.96. The van der Waals surface area contributed by atoms with Gasteiger partial charge in [0.15, 0.2) is 0 Å². The van der Waals surface area contributed by atoms with Gasteiger partial charge in [-0.2, -0.15) is 13.2 Å². The summed E-state index contributed by atoms with van der Waals surface area (Å²) in [7, 11) is 1.47. The molecule has 0 saturated carbocycles. The van der Waals surface area contributed by atoms with E-state index in [0.29, 0.717) is 21.8 Å². The zero-order chi connectivity index (χ0) is 26.9. The molecule has 0 bridgehead atoms. The van der Waals surface area contributed by atoms with Crippen LogP contribution in [0.25, 0.3) is 10.2 Å². The van der Waals surface area contributed by atoms with Crippen LogP contribution in [0.15, 0.2) is 59.7 Å². The zero-order valence-electron chi connectivity index (χ0n) is 19.8. The first-order chi connectivity index (χ1) is 17.5. The number of halogens is 3. The number of fused-ring (bicyclic) bond motifs is 1. The second-order valence-corrected chi connectivity index (χ2v) is 9.06. The van der Waals surface area contributed by atoms with Crippen LogP contribution in [0.3, 0.4) is 0 Å². The van der Waals surface area contributed by atoms with E-state index in [0.717, 1.165) is 34.4 Å². The van der Waals surface area contributed by atoms with Crippen molar-refractivity contribution in [3.63, 3.8) is 0 Å². The smallest absolute Gasteiger partial charge is 0.418 e. The van der Waals surface area contributed by atoms with Crippen LogP contribution in [-0.4, -0.2) is 28.5 Å². The topological polar surface area (TPSA) is 102 Å². The number of nitrogens with zero attached hydrogens (tertiary/aromatic N) is 2. The molecule has 4 aromatic rings. The second-order valence-electron chi connectivity index (χ2n) is 8.06. The molecule has 1 unspecified atom stereocenters. The van der Waals surface area contributed by atoms with Crippen LogP contribution in [0.5, 0.6) is 5.75 Å². The quantitative estimate of drug-likeness (QED) is 0.355. The number of rotatable bonds is 6. The SMILES string of the molecule is COc1ccccc1NC(=O)c1sc2ncn(C(C)C(=O)Nc3ccccc3C(F)(F)F)c(=O)c2c1C. The van der Waals surface area contributed by atoms with Crippen LogP contribution < -0.4 is 20.9 Å². The normalized spacial score (nSPS) is 12.3. The van der Waals surface area contributed by atoms with Gasteiger partial charge in [0.05, 0.1) is 40.6 Å². The molecule has 2 amide bonds. The highest BCUT2D eigenvalue weighted by molar-refractivity contribution is 7.20. The number of para-hydroxylation sites is 3. The minimum atomic E-state index is -4.67. The number of amides is 2. The Hall–Kier alpha value is -4.19. The van der Waals surface area contributed by atoms with E-state index in [1.54, 1.807) is 31.2 Å². The third-order valence-corrected chi connectivity index (χ3v) is 6.92. The zero-order valence-corrected chi connectivity index (χ0v) is 20.7. The highest BCUT2D eigenvalue weighted by Gasteiger charge is 2.34. The summed E-state index contributed by atoms with van der Waals surface area (Å²) >= 11 is 1.01. The van der Waals surface area contributed by atoms with E-state index in [9.17, 15) is 27.6 Å². The Morgan fingerprint density at radius 2 is 1.70 bits per heavy atom. The van der Waals surface area contributed by atoms with Crippen molar-refractivity contribution in [2.45, 2.75) is 26.1 Å². The van der Waals surface area contributed by atoms with Crippen molar-refractivity contribution in [3.05, 3.63) is 81.2 Å². The Morgan fingerprint density at radius 1 is 1.05 bits per heavy atom. The molecule has 0 spiro atoms. The van der Waals surface area contributed by atoms with Gasteiger partial charge in [0, 0.05) is 0 Å². The van der Waals surface area contributed by atoms with Crippen molar-refractivity contribution in [1.29, 1.82) is 0 Å². The highest BCUT2D eigenvalue weighted by Crippen LogP contribution is 2.35. The van der Waals surface area contributed by atoms with Crippen molar-refractivity contribution in [2.75, 3.05) is 17.7 Å². The van der Waals surface area contributed by atoms with Gasteiger partial charge < -0.3 is 15.4 Å². The van der Waals surface area contributed by atoms with E-state index in [2.05, 4.69) is 15.6 Å². The molecule has 37 heavy (non-hydrogen) atoms. The fraction of sp³-hybridized carbons (Fsp3) is 0.200. The lowest BCUT2D eigenvalue weighted by Crippen LogP contribution is -2.32. The molecule has 0 aliphatic rings. The molecule has 2 aromatic carbocycles. The van der Waals surface area contributed by atoms with Gasteiger partial charge in [0.1, 0.15) is 16.6 Å². The number of methoxy groups -OCH3 is 1. The second kappa shape index (κ2) is 10.1. The largest absolute Gasteiger partial charge is 0.495 e. The molecule has 2 heterocycles. The van der Waals surface area contributed by atoms with E-state index in [1.165, 1.54) is 26.2 Å².